The van der Waals surface area contributed by atoms with E-state index >= 15 is 0 Å². The van der Waals surface area contributed by atoms with Gasteiger partial charge in [-0.15, -0.1) is 0 Å². The molecule has 9 nitrogen and oxygen atoms in total. The first-order valence-electron chi connectivity index (χ1n) is 33.4. The largest absolute Gasteiger partial charge is 0.756 e. The Morgan fingerprint density at radius 1 is 0.352 bits per heavy atom. The van der Waals surface area contributed by atoms with E-state index in [0.717, 1.165) is 167 Å². The summed E-state index contributed by atoms with van der Waals surface area (Å²) in [6.07, 6.45) is 106. The van der Waals surface area contributed by atoms with Gasteiger partial charge in [-0.25, -0.2) is 0 Å². The molecule has 0 rings (SSSR count). The maximum Gasteiger partial charge on any atom is 0.306 e. The number of phosphoric acid groups is 1. The van der Waals surface area contributed by atoms with Crippen LogP contribution in [0.25, 0.3) is 0 Å². The smallest absolute Gasteiger partial charge is 0.306 e. The highest BCUT2D eigenvalue weighted by atomic mass is 31.2. The predicted octanol–water partition coefficient (Wildman–Crippen LogP) is 21.4. The molecule has 0 aliphatic carbocycles. The van der Waals surface area contributed by atoms with Gasteiger partial charge in [-0.3, -0.25) is 14.2 Å². The summed E-state index contributed by atoms with van der Waals surface area (Å²) < 4.78 is 34.2. The molecule has 0 bridgehead atoms. The highest BCUT2D eigenvalue weighted by Gasteiger charge is 2.22. The predicted molar refractivity (Wildman–Crippen MR) is 378 cm³/mol. The zero-order valence-electron chi connectivity index (χ0n) is 55.6. The van der Waals surface area contributed by atoms with Gasteiger partial charge in [0.05, 0.1) is 27.7 Å². The summed E-state index contributed by atoms with van der Waals surface area (Å²) in [4.78, 5) is 38.0. The molecule has 2 atom stereocenters. The topological polar surface area (TPSA) is 111 Å². The van der Waals surface area contributed by atoms with Crippen LogP contribution in [0.3, 0.4) is 0 Å². The van der Waals surface area contributed by atoms with Crippen LogP contribution in [-0.2, 0) is 32.7 Å². The lowest BCUT2D eigenvalue weighted by molar-refractivity contribution is -0.870. The van der Waals surface area contributed by atoms with Crippen molar-refractivity contribution >= 4 is 19.8 Å². The third-order valence-electron chi connectivity index (χ3n) is 13.0. The summed E-state index contributed by atoms with van der Waals surface area (Å²) in [5.74, 6) is -0.915. The van der Waals surface area contributed by atoms with Crippen molar-refractivity contribution in [3.05, 3.63) is 219 Å². The molecule has 0 N–H and O–H groups in total. The fraction of sp³-hybridized carbons (Fsp3) is 0.513. The number of hydrogen-bond acceptors (Lipinski definition) is 8. The van der Waals surface area contributed by atoms with Gasteiger partial charge >= 0.3 is 11.9 Å². The maximum absolute atomic E-state index is 12.8. The molecule has 0 aromatic carbocycles. The van der Waals surface area contributed by atoms with Crippen molar-refractivity contribution in [3.8, 4) is 0 Å². The fourth-order valence-corrected chi connectivity index (χ4v) is 8.66. The van der Waals surface area contributed by atoms with Crippen molar-refractivity contribution < 1.29 is 42.1 Å². The SMILES string of the molecule is CC/C=C\C/C=C\C/C=C\C/C=C\C/C=C\C/C=C\C/C=C\C/C=C\C/C=C\C/C=C\C/C=C\CCCCCCCC(=O)OC(COC(=O)CCCCC/C=C\C/C=C\C/C=C\C/C=C\C/C=C\C/C=C\C/C=C\CC)COP(=O)([O-])OCC[N+](C)(C)C. The first kappa shape index (κ1) is 82.3. The van der Waals surface area contributed by atoms with Crippen LogP contribution in [0.2, 0.25) is 0 Å². The molecular formula is C78H120NO8P. The third kappa shape index (κ3) is 69.4. The molecule has 0 aromatic rings. The molecule has 0 aliphatic rings. The minimum atomic E-state index is -4.67. The Bertz CT molecular complexity index is 2280. The van der Waals surface area contributed by atoms with E-state index in [9.17, 15) is 19.0 Å². The van der Waals surface area contributed by atoms with E-state index in [1.54, 1.807) is 0 Å². The number of ether oxygens (including phenoxy) is 2. The molecule has 0 saturated heterocycles. The molecule has 0 aliphatic heterocycles. The number of esters is 2. The van der Waals surface area contributed by atoms with Crippen LogP contribution < -0.4 is 4.89 Å². The third-order valence-corrected chi connectivity index (χ3v) is 14.0. The quantitative estimate of drug-likeness (QED) is 0.0195. The lowest BCUT2D eigenvalue weighted by Crippen LogP contribution is -2.37. The molecule has 0 radical (unpaired) electrons. The highest BCUT2D eigenvalue weighted by Crippen LogP contribution is 2.38. The molecule has 0 heterocycles. The molecule has 0 aromatic heterocycles. The van der Waals surface area contributed by atoms with Gasteiger partial charge in [0, 0.05) is 12.8 Å². The second-order valence-corrected chi connectivity index (χ2v) is 23.8. The summed E-state index contributed by atoms with van der Waals surface area (Å²) in [5, 5.41) is 0. The van der Waals surface area contributed by atoms with E-state index in [1.807, 2.05) is 21.1 Å². The Labute approximate surface area is 538 Å². The van der Waals surface area contributed by atoms with E-state index < -0.39 is 32.5 Å². The number of phosphoric ester groups is 1. The van der Waals surface area contributed by atoms with Crippen LogP contribution in [0, 0.1) is 0 Å². The zero-order chi connectivity index (χ0) is 64.1. The number of carbonyl (C=O) groups excluding carboxylic acids is 2. The number of unbranched alkanes of at least 4 members (excludes halogenated alkanes) is 8. The first-order chi connectivity index (χ1) is 43.0. The van der Waals surface area contributed by atoms with Crippen LogP contribution in [0.4, 0.5) is 0 Å². The van der Waals surface area contributed by atoms with Crippen molar-refractivity contribution in [2.75, 3.05) is 47.5 Å². The maximum atomic E-state index is 12.8. The van der Waals surface area contributed by atoms with Crippen LogP contribution >= 0.6 is 7.82 Å². The zero-order valence-corrected chi connectivity index (χ0v) is 56.5. The van der Waals surface area contributed by atoms with E-state index in [-0.39, 0.29) is 26.1 Å². The van der Waals surface area contributed by atoms with Crippen LogP contribution in [0.15, 0.2) is 219 Å². The number of hydrogen-bond donors (Lipinski definition) is 0. The summed E-state index contributed by atoms with van der Waals surface area (Å²) in [6, 6.07) is 0. The second-order valence-electron chi connectivity index (χ2n) is 22.4. The lowest BCUT2D eigenvalue weighted by Gasteiger charge is -2.28. The summed E-state index contributed by atoms with van der Waals surface area (Å²) >= 11 is 0. The van der Waals surface area contributed by atoms with Crippen molar-refractivity contribution in [1.82, 2.24) is 0 Å². The van der Waals surface area contributed by atoms with E-state index in [2.05, 4.69) is 233 Å². The average molecular weight is 1230 g/mol. The number of nitrogens with zero attached hydrogens (tertiary/aromatic N) is 1. The van der Waals surface area contributed by atoms with Gasteiger partial charge < -0.3 is 27.9 Å². The molecular weight excluding hydrogens is 1110 g/mol. The Hall–Kier alpha value is -5.67. The number of carbonyl (C=O) groups is 2. The Morgan fingerprint density at radius 2 is 0.614 bits per heavy atom. The molecule has 2 unspecified atom stereocenters. The van der Waals surface area contributed by atoms with Gasteiger partial charge in [-0.1, -0.05) is 258 Å². The van der Waals surface area contributed by atoms with Gasteiger partial charge in [-0.05, 0) is 154 Å². The minimum Gasteiger partial charge on any atom is -0.756 e. The van der Waals surface area contributed by atoms with Gasteiger partial charge in [0.25, 0.3) is 7.82 Å². The number of allylic oxidation sites excluding steroid dienone is 36. The van der Waals surface area contributed by atoms with Crippen LogP contribution in [-0.4, -0.2) is 70.0 Å². The lowest BCUT2D eigenvalue weighted by atomic mass is 10.1. The van der Waals surface area contributed by atoms with Crippen molar-refractivity contribution in [1.29, 1.82) is 0 Å². The van der Waals surface area contributed by atoms with E-state index in [4.69, 9.17) is 18.5 Å². The van der Waals surface area contributed by atoms with Crippen molar-refractivity contribution in [3.63, 3.8) is 0 Å². The van der Waals surface area contributed by atoms with E-state index in [1.165, 1.54) is 0 Å². The van der Waals surface area contributed by atoms with Gasteiger partial charge in [-0.2, -0.15) is 0 Å². The van der Waals surface area contributed by atoms with E-state index in [0.29, 0.717) is 23.9 Å². The Balaban J connectivity index is 4.27. The van der Waals surface area contributed by atoms with Gasteiger partial charge in [0.1, 0.15) is 19.8 Å². The highest BCUT2D eigenvalue weighted by molar-refractivity contribution is 7.45. The molecule has 0 spiro atoms. The van der Waals surface area contributed by atoms with Crippen LogP contribution in [0.5, 0.6) is 0 Å². The normalized spacial score (nSPS) is 14.6. The van der Waals surface area contributed by atoms with Gasteiger partial charge in [0.15, 0.2) is 6.10 Å². The molecule has 0 saturated carbocycles. The number of quaternary nitrogens is 1. The molecule has 88 heavy (non-hydrogen) atoms. The first-order valence-corrected chi connectivity index (χ1v) is 34.9. The molecule has 10 heteroatoms. The standard InChI is InChI=1S/C78H120NO8P/c1-6-8-10-12-14-16-18-20-22-24-26-28-30-32-33-34-35-36-37-38-39-40-41-42-43-44-45-47-49-51-53-55-57-59-61-63-65-67-69-71-78(81)87-76(75-86-88(82,83)85-73-72-79(3,4)5)74-84-77(80)70-68-66-64-62-60-58-56-54-52-50-48-46-31-29-27-25-23-21-19-17-15-13-11-9-7-2/h8-11,14-17,20-23,26-29,32-33,35-36,38-39,41-42,44-46,48-49,51-52,54-55,57-58,60,76H,6-7,12-13,18-19,24-25,30-31,34,37,40,43,47,50,53,56,59,61-75H2,1-5H3/b10-8-,11-9-,16-14-,17-15-,22-20-,23-21-,28-26-,29-27-,33-32-,36-35-,39-38-,42-41-,45-44-,48-46-,51-49-,54-52-,57-55-,60-58-. The second kappa shape index (κ2) is 65.8. The Kier molecular flexibility index (Phi) is 61.5. The molecule has 490 valence electrons. The number of likely N-dealkylation sites (N-methyl/N-ethyl adjacent to an activating group) is 1. The number of rotatable bonds is 58. The average Bonchev–Trinajstić information content (AvgIpc) is 3.68. The summed E-state index contributed by atoms with van der Waals surface area (Å²) in [7, 11) is 1.10. The summed E-state index contributed by atoms with van der Waals surface area (Å²) in [6.45, 7) is 3.91. The monoisotopic (exact) mass is 1230 g/mol. The molecule has 0 fully saturated rings. The van der Waals surface area contributed by atoms with Gasteiger partial charge in [0.2, 0.25) is 0 Å². The minimum absolute atomic E-state index is 0.0541. The summed E-state index contributed by atoms with van der Waals surface area (Å²) in [5.41, 5.74) is 0. The van der Waals surface area contributed by atoms with Crippen molar-refractivity contribution in [2.24, 2.45) is 0 Å². The fourth-order valence-electron chi connectivity index (χ4n) is 7.93. The Morgan fingerprint density at radius 3 is 0.920 bits per heavy atom. The van der Waals surface area contributed by atoms with Crippen LogP contribution in [0.1, 0.15) is 206 Å². The van der Waals surface area contributed by atoms with Crippen molar-refractivity contribution in [2.45, 2.75) is 213 Å². The molecule has 0 amide bonds.